The van der Waals surface area contributed by atoms with Crippen LogP contribution in [0.3, 0.4) is 0 Å². The number of nitrogens with zero attached hydrogens (tertiary/aromatic N) is 2. The van der Waals surface area contributed by atoms with Gasteiger partial charge in [-0.15, -0.1) is 0 Å². The van der Waals surface area contributed by atoms with E-state index >= 15 is 0 Å². The molecule has 0 fully saturated rings. The van der Waals surface area contributed by atoms with Crippen molar-refractivity contribution in [2.45, 2.75) is 39.0 Å². The van der Waals surface area contributed by atoms with E-state index in [0.29, 0.717) is 25.2 Å². The first-order valence-electron chi connectivity index (χ1n) is 5.70. The Labute approximate surface area is 101 Å². The molecule has 0 aromatic heterocycles. The van der Waals surface area contributed by atoms with Crippen LogP contribution in [0.15, 0.2) is 18.2 Å². The van der Waals surface area contributed by atoms with Crippen molar-refractivity contribution in [3.05, 3.63) is 39.4 Å². The lowest BCUT2D eigenvalue weighted by Gasteiger charge is -2.08. The Morgan fingerprint density at radius 3 is 2.71 bits per heavy atom. The van der Waals surface area contributed by atoms with Gasteiger partial charge in [0, 0.05) is 18.1 Å². The number of rotatable bonds is 5. The summed E-state index contributed by atoms with van der Waals surface area (Å²) in [4.78, 5) is 10.5. The van der Waals surface area contributed by atoms with E-state index in [9.17, 15) is 10.1 Å². The lowest BCUT2D eigenvalue weighted by molar-refractivity contribution is -0.385. The first-order chi connectivity index (χ1) is 8.06. The predicted molar refractivity (Wildman–Crippen MR) is 65.7 cm³/mol. The van der Waals surface area contributed by atoms with E-state index in [4.69, 9.17) is 5.26 Å². The SMILES string of the molecule is CC(C)c1ccc([N+](=O)[O-])c(CCCC#N)c1. The van der Waals surface area contributed by atoms with Crippen LogP contribution in [0.1, 0.15) is 43.7 Å². The molecule has 0 unspecified atom stereocenters. The lowest BCUT2D eigenvalue weighted by Crippen LogP contribution is -1.98. The van der Waals surface area contributed by atoms with Crippen molar-refractivity contribution < 1.29 is 4.92 Å². The van der Waals surface area contributed by atoms with Crippen molar-refractivity contribution in [1.82, 2.24) is 0 Å². The molecule has 0 saturated carbocycles. The minimum absolute atomic E-state index is 0.160. The van der Waals surface area contributed by atoms with Gasteiger partial charge in [-0.3, -0.25) is 10.1 Å². The maximum atomic E-state index is 10.9. The van der Waals surface area contributed by atoms with Gasteiger partial charge >= 0.3 is 0 Å². The molecule has 4 heteroatoms. The molecule has 1 aromatic carbocycles. The summed E-state index contributed by atoms with van der Waals surface area (Å²) in [7, 11) is 0. The second kappa shape index (κ2) is 6.00. The highest BCUT2D eigenvalue weighted by Crippen LogP contribution is 2.25. The van der Waals surface area contributed by atoms with Crippen molar-refractivity contribution in [3.63, 3.8) is 0 Å². The smallest absolute Gasteiger partial charge is 0.258 e. The molecule has 0 aliphatic rings. The quantitative estimate of drug-likeness (QED) is 0.443. The Hall–Kier alpha value is -1.89. The second-order valence-electron chi connectivity index (χ2n) is 4.31. The molecule has 4 nitrogen and oxygen atoms in total. The summed E-state index contributed by atoms with van der Waals surface area (Å²) < 4.78 is 0. The van der Waals surface area contributed by atoms with Crippen LogP contribution in [-0.2, 0) is 6.42 Å². The van der Waals surface area contributed by atoms with Gasteiger partial charge in [0.05, 0.1) is 11.0 Å². The third-order valence-corrected chi connectivity index (χ3v) is 2.70. The number of unbranched alkanes of at least 4 members (excludes halogenated alkanes) is 1. The monoisotopic (exact) mass is 232 g/mol. The molecule has 1 aromatic rings. The van der Waals surface area contributed by atoms with Crippen LogP contribution in [0.25, 0.3) is 0 Å². The highest BCUT2D eigenvalue weighted by Gasteiger charge is 2.14. The number of aryl methyl sites for hydroxylation is 1. The summed E-state index contributed by atoms with van der Waals surface area (Å²) in [6.07, 6.45) is 1.69. The molecular formula is C13H16N2O2. The van der Waals surface area contributed by atoms with Crippen molar-refractivity contribution in [2.75, 3.05) is 0 Å². The summed E-state index contributed by atoms with van der Waals surface area (Å²) in [5, 5.41) is 19.4. The third kappa shape index (κ3) is 3.56. The molecule has 0 aliphatic carbocycles. The van der Waals surface area contributed by atoms with Gasteiger partial charge in [-0.25, -0.2) is 0 Å². The molecule has 1 rings (SSSR count). The molecule has 0 saturated heterocycles. The summed E-state index contributed by atoms with van der Waals surface area (Å²) in [5.74, 6) is 0.352. The average Bonchev–Trinajstić information content (AvgIpc) is 2.28. The average molecular weight is 232 g/mol. The van der Waals surface area contributed by atoms with Gasteiger partial charge in [0.25, 0.3) is 5.69 Å². The zero-order valence-electron chi connectivity index (χ0n) is 10.1. The Morgan fingerprint density at radius 2 is 2.18 bits per heavy atom. The number of benzene rings is 1. The van der Waals surface area contributed by atoms with Crippen LogP contribution in [-0.4, -0.2) is 4.92 Å². The maximum absolute atomic E-state index is 10.9. The standard InChI is InChI=1S/C13H16N2O2/c1-10(2)11-6-7-13(15(16)17)12(9-11)5-3-4-8-14/h6-7,9-10H,3-5H2,1-2H3. The summed E-state index contributed by atoms with van der Waals surface area (Å²) in [6.45, 7) is 4.11. The second-order valence-corrected chi connectivity index (χ2v) is 4.31. The first-order valence-corrected chi connectivity index (χ1v) is 5.70. The summed E-state index contributed by atoms with van der Waals surface area (Å²) in [6, 6.07) is 7.31. The highest BCUT2D eigenvalue weighted by molar-refractivity contribution is 5.43. The van der Waals surface area contributed by atoms with Crippen LogP contribution in [0, 0.1) is 21.4 Å². The van der Waals surface area contributed by atoms with Crippen molar-refractivity contribution >= 4 is 5.69 Å². The normalized spacial score (nSPS) is 10.2. The van der Waals surface area contributed by atoms with Gasteiger partial charge in [0.1, 0.15) is 0 Å². The number of nitriles is 1. The van der Waals surface area contributed by atoms with Crippen LogP contribution < -0.4 is 0 Å². The van der Waals surface area contributed by atoms with Crippen molar-refractivity contribution in [1.29, 1.82) is 5.26 Å². The van der Waals surface area contributed by atoms with Gasteiger partial charge in [-0.2, -0.15) is 5.26 Å². The maximum Gasteiger partial charge on any atom is 0.272 e. The van der Waals surface area contributed by atoms with E-state index in [1.807, 2.05) is 6.07 Å². The largest absolute Gasteiger partial charge is 0.272 e. The van der Waals surface area contributed by atoms with Crippen LogP contribution >= 0.6 is 0 Å². The fourth-order valence-electron chi connectivity index (χ4n) is 1.70. The Balaban J connectivity index is 2.99. The predicted octanol–water partition coefficient (Wildman–Crippen LogP) is 3.56. The van der Waals surface area contributed by atoms with E-state index in [1.54, 1.807) is 12.1 Å². The summed E-state index contributed by atoms with van der Waals surface area (Å²) >= 11 is 0. The van der Waals surface area contributed by atoms with Crippen LogP contribution in [0.5, 0.6) is 0 Å². The number of nitro groups is 1. The molecule has 17 heavy (non-hydrogen) atoms. The van der Waals surface area contributed by atoms with E-state index in [0.717, 1.165) is 11.1 Å². The van der Waals surface area contributed by atoms with E-state index in [1.165, 1.54) is 0 Å². The van der Waals surface area contributed by atoms with E-state index in [2.05, 4.69) is 19.9 Å². The van der Waals surface area contributed by atoms with Crippen LogP contribution in [0.4, 0.5) is 5.69 Å². The van der Waals surface area contributed by atoms with E-state index in [-0.39, 0.29) is 10.6 Å². The van der Waals surface area contributed by atoms with Gasteiger partial charge in [-0.1, -0.05) is 19.9 Å². The number of hydrogen-bond donors (Lipinski definition) is 0. The van der Waals surface area contributed by atoms with Crippen LogP contribution in [0.2, 0.25) is 0 Å². The molecule has 0 spiro atoms. The third-order valence-electron chi connectivity index (χ3n) is 2.70. The molecule has 0 bridgehead atoms. The molecule has 90 valence electrons. The van der Waals surface area contributed by atoms with Gasteiger partial charge in [-0.05, 0) is 30.4 Å². The molecular weight excluding hydrogens is 216 g/mol. The first kappa shape index (κ1) is 13.2. The molecule has 0 N–H and O–H groups in total. The lowest BCUT2D eigenvalue weighted by atomic mass is 9.97. The molecule has 0 radical (unpaired) electrons. The van der Waals surface area contributed by atoms with Gasteiger partial charge in [0.15, 0.2) is 0 Å². The minimum Gasteiger partial charge on any atom is -0.258 e. The van der Waals surface area contributed by atoms with E-state index < -0.39 is 0 Å². The Morgan fingerprint density at radius 1 is 1.47 bits per heavy atom. The molecule has 0 aliphatic heterocycles. The van der Waals surface area contributed by atoms with Crippen molar-refractivity contribution in [2.24, 2.45) is 0 Å². The molecule has 0 atom stereocenters. The minimum atomic E-state index is -0.355. The Kier molecular flexibility index (Phi) is 4.65. The topological polar surface area (TPSA) is 66.9 Å². The number of hydrogen-bond acceptors (Lipinski definition) is 3. The molecule has 0 heterocycles. The zero-order chi connectivity index (χ0) is 12.8. The van der Waals surface area contributed by atoms with Gasteiger partial charge < -0.3 is 0 Å². The fraction of sp³-hybridized carbons (Fsp3) is 0.462. The fourth-order valence-corrected chi connectivity index (χ4v) is 1.70. The Bertz CT molecular complexity index is 447. The number of nitro benzene ring substituents is 1. The van der Waals surface area contributed by atoms with Gasteiger partial charge in [0.2, 0.25) is 0 Å². The molecule has 0 amide bonds. The summed E-state index contributed by atoms with van der Waals surface area (Å²) in [5.41, 5.74) is 1.99. The van der Waals surface area contributed by atoms with Crippen molar-refractivity contribution in [3.8, 4) is 6.07 Å². The highest BCUT2D eigenvalue weighted by atomic mass is 16.6. The zero-order valence-corrected chi connectivity index (χ0v) is 10.1.